The number of hydrogen-bond donors (Lipinski definition) is 2. The van der Waals surface area contributed by atoms with Crippen LogP contribution in [0.3, 0.4) is 0 Å². The first-order chi connectivity index (χ1) is 13.1. The van der Waals surface area contributed by atoms with Gasteiger partial charge in [-0.25, -0.2) is 4.98 Å². The van der Waals surface area contributed by atoms with Crippen molar-refractivity contribution in [3.8, 4) is 0 Å². The summed E-state index contributed by atoms with van der Waals surface area (Å²) in [5.41, 5.74) is -0.213. The zero-order valence-corrected chi connectivity index (χ0v) is 18.4. The summed E-state index contributed by atoms with van der Waals surface area (Å²) in [4.78, 5) is 20.6. The van der Waals surface area contributed by atoms with Crippen LogP contribution in [-0.2, 0) is 10.2 Å². The number of amides is 1. The van der Waals surface area contributed by atoms with Crippen LogP contribution in [0.4, 0.5) is 5.88 Å². The molecule has 1 fully saturated rings. The zero-order chi connectivity index (χ0) is 20.5. The lowest BCUT2D eigenvalue weighted by Gasteiger charge is -2.41. The van der Waals surface area contributed by atoms with Crippen LogP contribution >= 0.6 is 11.3 Å². The van der Waals surface area contributed by atoms with Gasteiger partial charge >= 0.3 is 0 Å². The molecule has 0 unspecified atom stereocenters. The molecule has 3 rings (SSSR count). The number of rotatable bonds is 6. The van der Waals surface area contributed by atoms with Crippen LogP contribution in [0.2, 0.25) is 0 Å². The maximum atomic E-state index is 13.0. The molecule has 1 aliphatic heterocycles. The number of nitrogens with one attached hydrogen (secondary N) is 2. The van der Waals surface area contributed by atoms with E-state index in [0.29, 0.717) is 11.9 Å². The summed E-state index contributed by atoms with van der Waals surface area (Å²) in [5.74, 6) is 0.281. The summed E-state index contributed by atoms with van der Waals surface area (Å²) in [6.07, 6.45) is 3.97. The number of hydrogen-bond acceptors (Lipinski definition) is 7. The van der Waals surface area contributed by atoms with E-state index in [2.05, 4.69) is 39.5 Å². The van der Waals surface area contributed by atoms with E-state index >= 15 is 0 Å². The van der Waals surface area contributed by atoms with E-state index in [9.17, 15) is 4.79 Å². The Morgan fingerprint density at radius 1 is 1.32 bits per heavy atom. The molecule has 3 heterocycles. The van der Waals surface area contributed by atoms with Crippen LogP contribution in [0, 0.1) is 6.92 Å². The van der Waals surface area contributed by atoms with Gasteiger partial charge in [-0.1, -0.05) is 5.16 Å². The van der Waals surface area contributed by atoms with Gasteiger partial charge in [-0.15, -0.1) is 11.3 Å². The summed E-state index contributed by atoms with van der Waals surface area (Å²) < 4.78 is 5.44. The van der Waals surface area contributed by atoms with Crippen LogP contribution in [-0.4, -0.2) is 52.7 Å². The molecule has 1 aliphatic rings. The Kier molecular flexibility index (Phi) is 5.93. The van der Waals surface area contributed by atoms with Gasteiger partial charge in [0.15, 0.2) is 0 Å². The zero-order valence-electron chi connectivity index (χ0n) is 17.6. The van der Waals surface area contributed by atoms with Gasteiger partial charge in [0, 0.05) is 28.6 Å². The van der Waals surface area contributed by atoms with Crippen molar-refractivity contribution in [3.63, 3.8) is 0 Å². The lowest BCUT2D eigenvalue weighted by molar-refractivity contribution is -0.127. The quantitative estimate of drug-likeness (QED) is 0.768. The predicted octanol–water partition coefficient (Wildman–Crippen LogP) is 3.17. The van der Waals surface area contributed by atoms with Crippen molar-refractivity contribution in [2.75, 3.05) is 25.5 Å². The highest BCUT2D eigenvalue weighted by molar-refractivity contribution is 7.11. The van der Waals surface area contributed by atoms with E-state index < -0.39 is 5.54 Å². The van der Waals surface area contributed by atoms with Gasteiger partial charge in [0.2, 0.25) is 11.8 Å². The number of piperidine rings is 1. The first-order valence-electron chi connectivity index (χ1n) is 9.77. The molecule has 0 spiro atoms. The molecule has 2 aromatic rings. The molecule has 0 saturated carbocycles. The molecule has 0 atom stereocenters. The van der Waals surface area contributed by atoms with Crippen LogP contribution in [0.15, 0.2) is 16.8 Å². The molecule has 7 nitrogen and oxygen atoms in total. The fourth-order valence-electron chi connectivity index (χ4n) is 3.48. The Morgan fingerprint density at radius 3 is 2.61 bits per heavy atom. The highest BCUT2D eigenvalue weighted by Crippen LogP contribution is 2.35. The molecular formula is C20H31N5O2S. The van der Waals surface area contributed by atoms with Crippen molar-refractivity contribution in [1.29, 1.82) is 0 Å². The van der Waals surface area contributed by atoms with Gasteiger partial charge in [0.1, 0.15) is 0 Å². The minimum atomic E-state index is -0.654. The van der Waals surface area contributed by atoms with E-state index in [-0.39, 0.29) is 11.3 Å². The van der Waals surface area contributed by atoms with Crippen molar-refractivity contribution in [2.45, 2.75) is 64.5 Å². The fourth-order valence-corrected chi connectivity index (χ4v) is 4.37. The average Bonchev–Trinajstić information content (AvgIpc) is 3.31. The molecule has 2 N–H and O–H groups in total. The lowest BCUT2D eigenvalue weighted by Crippen LogP contribution is -2.56. The van der Waals surface area contributed by atoms with E-state index in [1.807, 2.05) is 40.1 Å². The summed E-state index contributed by atoms with van der Waals surface area (Å²) in [5, 5.41) is 11.5. The van der Waals surface area contributed by atoms with Gasteiger partial charge in [0.05, 0.1) is 16.2 Å². The Morgan fingerprint density at radius 2 is 2.00 bits per heavy atom. The summed E-state index contributed by atoms with van der Waals surface area (Å²) in [6.45, 7) is 12.0. The van der Waals surface area contributed by atoms with E-state index in [4.69, 9.17) is 4.52 Å². The van der Waals surface area contributed by atoms with E-state index in [1.54, 1.807) is 11.3 Å². The Bertz CT molecular complexity index is 820. The normalized spacial score (nSPS) is 16.5. The third-order valence-electron chi connectivity index (χ3n) is 5.92. The van der Waals surface area contributed by atoms with Crippen LogP contribution < -0.4 is 10.6 Å². The van der Waals surface area contributed by atoms with Crippen LogP contribution in [0.5, 0.6) is 0 Å². The lowest BCUT2D eigenvalue weighted by atomic mass is 9.88. The second-order valence-corrected chi connectivity index (χ2v) is 9.78. The second-order valence-electron chi connectivity index (χ2n) is 8.55. The third-order valence-corrected chi connectivity index (χ3v) is 7.15. The SMILES string of the molecule is Cc1ncc(C(C)(C)c2cc(NC(=O)C(C)(C)N(C)C3CCNCC3)on2)s1. The minimum Gasteiger partial charge on any atom is -0.338 e. The van der Waals surface area contributed by atoms with Gasteiger partial charge in [-0.05, 0) is 67.6 Å². The van der Waals surface area contributed by atoms with Crippen LogP contribution in [0.1, 0.15) is 56.1 Å². The smallest absolute Gasteiger partial charge is 0.246 e. The van der Waals surface area contributed by atoms with E-state index in [0.717, 1.165) is 41.5 Å². The van der Waals surface area contributed by atoms with Crippen molar-refractivity contribution in [2.24, 2.45) is 0 Å². The van der Waals surface area contributed by atoms with Crippen LogP contribution in [0.25, 0.3) is 0 Å². The average molecular weight is 406 g/mol. The first-order valence-corrected chi connectivity index (χ1v) is 10.6. The Labute approximate surface area is 170 Å². The highest BCUT2D eigenvalue weighted by Gasteiger charge is 2.37. The fraction of sp³-hybridized carbons (Fsp3) is 0.650. The summed E-state index contributed by atoms with van der Waals surface area (Å²) in [6, 6.07) is 2.20. The standard InChI is InChI=1S/C20H31N5O2S/c1-13-22-12-16(28-13)19(2,3)15-11-17(27-24-15)23-18(26)20(4,5)25(6)14-7-9-21-10-8-14/h11-12,14,21H,7-10H2,1-6H3,(H,23,26). The molecule has 1 amide bonds. The number of carbonyl (C=O) groups is 1. The Balaban J connectivity index is 1.70. The molecule has 8 heteroatoms. The molecule has 2 aromatic heterocycles. The molecule has 28 heavy (non-hydrogen) atoms. The van der Waals surface area contributed by atoms with Gasteiger partial charge in [0.25, 0.3) is 0 Å². The summed E-state index contributed by atoms with van der Waals surface area (Å²) >= 11 is 1.64. The largest absolute Gasteiger partial charge is 0.338 e. The molecule has 0 aromatic carbocycles. The molecular weight excluding hydrogens is 374 g/mol. The number of nitrogens with zero attached hydrogens (tertiary/aromatic N) is 3. The number of aryl methyl sites for hydroxylation is 1. The first kappa shape index (κ1) is 21.0. The number of thiazole rings is 1. The molecule has 0 aliphatic carbocycles. The third kappa shape index (κ3) is 4.14. The minimum absolute atomic E-state index is 0.0947. The number of likely N-dealkylation sites (N-methyl/N-ethyl adjacent to an activating group) is 1. The van der Waals surface area contributed by atoms with Gasteiger partial charge in [-0.3, -0.25) is 15.0 Å². The van der Waals surface area contributed by atoms with Gasteiger partial charge < -0.3 is 9.84 Å². The number of carbonyl (C=O) groups excluding carboxylic acids is 1. The van der Waals surface area contributed by atoms with Crippen molar-refractivity contribution < 1.29 is 9.32 Å². The van der Waals surface area contributed by atoms with Crippen molar-refractivity contribution >= 4 is 23.1 Å². The van der Waals surface area contributed by atoms with Gasteiger partial charge in [-0.2, -0.15) is 0 Å². The molecule has 0 bridgehead atoms. The predicted molar refractivity (Wildman–Crippen MR) is 112 cm³/mol. The topological polar surface area (TPSA) is 83.3 Å². The molecule has 154 valence electrons. The summed E-state index contributed by atoms with van der Waals surface area (Å²) in [7, 11) is 2.02. The van der Waals surface area contributed by atoms with Crippen molar-refractivity contribution in [3.05, 3.63) is 27.8 Å². The highest BCUT2D eigenvalue weighted by atomic mass is 32.1. The molecule has 1 saturated heterocycles. The van der Waals surface area contributed by atoms with E-state index in [1.165, 1.54) is 0 Å². The second kappa shape index (κ2) is 7.93. The Hall–Kier alpha value is -1.77. The number of aromatic nitrogens is 2. The maximum Gasteiger partial charge on any atom is 0.246 e. The monoisotopic (exact) mass is 405 g/mol. The molecule has 0 radical (unpaired) electrons. The maximum absolute atomic E-state index is 13.0. The number of anilines is 1. The van der Waals surface area contributed by atoms with Crippen molar-refractivity contribution in [1.82, 2.24) is 20.4 Å².